The van der Waals surface area contributed by atoms with Crippen molar-refractivity contribution in [1.29, 1.82) is 0 Å². The van der Waals surface area contributed by atoms with Crippen molar-refractivity contribution < 1.29 is 14.4 Å². The Bertz CT molecular complexity index is 691. The molecular formula is C19H24BrN2O2+. The highest BCUT2D eigenvalue weighted by Gasteiger charge is 2.26. The second-order valence-corrected chi connectivity index (χ2v) is 6.85. The van der Waals surface area contributed by atoms with E-state index in [1.165, 1.54) is 0 Å². The molecule has 0 saturated carbocycles. The lowest BCUT2D eigenvalue weighted by Crippen LogP contribution is -3.12. The van der Waals surface area contributed by atoms with E-state index in [9.17, 15) is 4.79 Å². The zero-order chi connectivity index (χ0) is 17.7. The van der Waals surface area contributed by atoms with Gasteiger partial charge in [-0.25, -0.2) is 0 Å². The first-order chi connectivity index (χ1) is 11.4. The Balaban J connectivity index is 2.10. The van der Waals surface area contributed by atoms with E-state index in [-0.39, 0.29) is 11.9 Å². The Kier molecular flexibility index (Phi) is 6.40. The van der Waals surface area contributed by atoms with Gasteiger partial charge in [0, 0.05) is 22.8 Å². The number of nitrogens with zero attached hydrogens (tertiary/aromatic N) is 1. The second-order valence-electron chi connectivity index (χ2n) is 5.93. The molecule has 2 aromatic carbocycles. The van der Waals surface area contributed by atoms with E-state index >= 15 is 0 Å². The van der Waals surface area contributed by atoms with Crippen LogP contribution in [0, 0.1) is 0 Å². The first kappa shape index (κ1) is 18.5. The maximum Gasteiger partial charge on any atom is 0.284 e. The van der Waals surface area contributed by atoms with E-state index < -0.39 is 0 Å². The van der Waals surface area contributed by atoms with Crippen LogP contribution in [0.3, 0.4) is 0 Å². The third-order valence-electron chi connectivity index (χ3n) is 4.30. The lowest BCUT2D eigenvalue weighted by Gasteiger charge is -2.26. The fourth-order valence-corrected chi connectivity index (χ4v) is 3.03. The number of quaternary nitrogens is 1. The van der Waals surface area contributed by atoms with Gasteiger partial charge in [-0.3, -0.25) is 4.79 Å². The molecule has 0 aromatic heterocycles. The quantitative estimate of drug-likeness (QED) is 0.820. The van der Waals surface area contributed by atoms with Crippen molar-refractivity contribution in [3.8, 4) is 5.75 Å². The molecule has 24 heavy (non-hydrogen) atoms. The van der Waals surface area contributed by atoms with E-state index in [4.69, 9.17) is 4.74 Å². The zero-order valence-electron chi connectivity index (χ0n) is 14.5. The predicted octanol–water partition coefficient (Wildman–Crippen LogP) is 2.52. The van der Waals surface area contributed by atoms with Crippen molar-refractivity contribution in [2.24, 2.45) is 0 Å². The van der Waals surface area contributed by atoms with Crippen molar-refractivity contribution in [1.82, 2.24) is 0 Å². The number of rotatable bonds is 6. The number of amides is 1. The molecule has 0 aliphatic carbocycles. The molecule has 0 fully saturated rings. The lowest BCUT2D eigenvalue weighted by atomic mass is 10.1. The van der Waals surface area contributed by atoms with Gasteiger partial charge in [0.05, 0.1) is 14.2 Å². The summed E-state index contributed by atoms with van der Waals surface area (Å²) < 4.78 is 6.43. The molecule has 0 radical (unpaired) electrons. The summed E-state index contributed by atoms with van der Waals surface area (Å²) in [5, 5.41) is 0. The molecule has 0 bridgehead atoms. The fourth-order valence-electron chi connectivity index (χ4n) is 2.62. The van der Waals surface area contributed by atoms with Gasteiger partial charge >= 0.3 is 0 Å². The second kappa shape index (κ2) is 8.31. The van der Waals surface area contributed by atoms with Crippen LogP contribution in [0.15, 0.2) is 53.0 Å². The van der Waals surface area contributed by atoms with Crippen LogP contribution in [0.1, 0.15) is 12.5 Å². The number of carbonyl (C=O) groups excluding carboxylic acids is 1. The molecule has 0 aliphatic heterocycles. The van der Waals surface area contributed by atoms with E-state index in [2.05, 4.69) is 15.9 Å². The summed E-state index contributed by atoms with van der Waals surface area (Å²) in [5.74, 6) is 0.932. The molecule has 0 aliphatic rings. The van der Waals surface area contributed by atoms with Crippen molar-refractivity contribution in [3.63, 3.8) is 0 Å². The number of hydrogen-bond acceptors (Lipinski definition) is 2. The number of likely N-dealkylation sites (N-methyl/N-ethyl adjacent to an activating group) is 2. The first-order valence-electron chi connectivity index (χ1n) is 7.91. The van der Waals surface area contributed by atoms with Crippen LogP contribution in [-0.4, -0.2) is 33.2 Å². The van der Waals surface area contributed by atoms with Crippen LogP contribution in [-0.2, 0) is 11.3 Å². The molecule has 0 spiro atoms. The maximum absolute atomic E-state index is 12.8. The van der Waals surface area contributed by atoms with Crippen molar-refractivity contribution in [2.75, 3.05) is 26.1 Å². The highest BCUT2D eigenvalue weighted by molar-refractivity contribution is 9.10. The summed E-state index contributed by atoms with van der Waals surface area (Å²) in [4.78, 5) is 15.6. The lowest BCUT2D eigenvalue weighted by molar-refractivity contribution is -0.908. The topological polar surface area (TPSA) is 34.0 Å². The summed E-state index contributed by atoms with van der Waals surface area (Å²) in [5.41, 5.74) is 1.98. The Morgan fingerprint density at radius 3 is 2.54 bits per heavy atom. The molecule has 2 atom stereocenters. The third kappa shape index (κ3) is 4.36. The van der Waals surface area contributed by atoms with Gasteiger partial charge in [0.15, 0.2) is 6.04 Å². The number of halogens is 1. The Labute approximate surface area is 152 Å². The molecule has 2 aromatic rings. The number of carbonyl (C=O) groups is 1. The van der Waals surface area contributed by atoms with E-state index in [0.29, 0.717) is 6.54 Å². The largest absolute Gasteiger partial charge is 0.496 e. The number of anilines is 1. The number of nitrogens with one attached hydrogen (secondary N) is 1. The van der Waals surface area contributed by atoms with E-state index in [1.807, 2.05) is 69.6 Å². The highest BCUT2D eigenvalue weighted by atomic mass is 79.9. The van der Waals surface area contributed by atoms with Crippen LogP contribution in [0.2, 0.25) is 0 Å². The average molecular weight is 392 g/mol. The molecule has 1 N–H and O–H groups in total. The normalized spacial score (nSPS) is 13.2. The van der Waals surface area contributed by atoms with Gasteiger partial charge in [-0.2, -0.15) is 0 Å². The van der Waals surface area contributed by atoms with Gasteiger partial charge in [0.2, 0.25) is 0 Å². The highest BCUT2D eigenvalue weighted by Crippen LogP contribution is 2.22. The number of ether oxygens (including phenoxy) is 1. The Hall–Kier alpha value is -1.85. The van der Waals surface area contributed by atoms with Gasteiger partial charge < -0.3 is 14.5 Å². The Morgan fingerprint density at radius 1 is 1.25 bits per heavy atom. The van der Waals surface area contributed by atoms with Crippen LogP contribution in [0.25, 0.3) is 0 Å². The van der Waals surface area contributed by atoms with Crippen LogP contribution < -0.4 is 14.5 Å². The number of hydrogen-bond donors (Lipinski definition) is 1. The molecule has 0 saturated heterocycles. The predicted molar refractivity (Wildman–Crippen MR) is 101 cm³/mol. The maximum atomic E-state index is 12.8. The molecule has 1 unspecified atom stereocenters. The minimum atomic E-state index is -0.168. The molecular weight excluding hydrogens is 368 g/mol. The van der Waals surface area contributed by atoms with Gasteiger partial charge in [-0.05, 0) is 37.3 Å². The summed E-state index contributed by atoms with van der Waals surface area (Å²) in [6.07, 6.45) is 0. The van der Waals surface area contributed by atoms with Crippen LogP contribution >= 0.6 is 15.9 Å². The van der Waals surface area contributed by atoms with Gasteiger partial charge in [-0.15, -0.1) is 0 Å². The van der Waals surface area contributed by atoms with Gasteiger partial charge in [0.1, 0.15) is 12.3 Å². The Morgan fingerprint density at radius 2 is 1.92 bits per heavy atom. The van der Waals surface area contributed by atoms with Crippen molar-refractivity contribution >= 4 is 27.5 Å². The van der Waals surface area contributed by atoms with Crippen molar-refractivity contribution in [3.05, 3.63) is 58.6 Å². The number of para-hydroxylation sites is 1. The summed E-state index contributed by atoms with van der Waals surface area (Å²) in [6.45, 7) is 2.67. The monoisotopic (exact) mass is 391 g/mol. The molecule has 4 nitrogen and oxygen atoms in total. The standard InChI is InChI=1S/C19H23BrN2O2/c1-14(19(23)22(3)17-8-6-5-7-9-17)21(2)13-15-12-16(20)10-11-18(15)24-4/h5-12,14H,13H2,1-4H3/p+1/t14-/m0/s1. The van der Waals surface area contributed by atoms with Gasteiger partial charge in [-0.1, -0.05) is 34.1 Å². The first-order valence-corrected chi connectivity index (χ1v) is 8.70. The summed E-state index contributed by atoms with van der Waals surface area (Å²) >= 11 is 3.50. The summed E-state index contributed by atoms with van der Waals surface area (Å²) in [7, 11) is 5.52. The fraction of sp³-hybridized carbons (Fsp3) is 0.316. The number of benzene rings is 2. The minimum absolute atomic E-state index is 0.0904. The molecule has 1 amide bonds. The molecule has 5 heteroatoms. The summed E-state index contributed by atoms with van der Waals surface area (Å²) in [6, 6.07) is 15.5. The smallest absolute Gasteiger partial charge is 0.284 e. The third-order valence-corrected chi connectivity index (χ3v) is 4.79. The van der Waals surface area contributed by atoms with Crippen molar-refractivity contribution in [2.45, 2.75) is 19.5 Å². The number of methoxy groups -OCH3 is 1. The SMILES string of the molecule is COc1ccc(Br)cc1C[NH+](C)[C@@H](C)C(=O)N(C)c1ccccc1. The molecule has 128 valence electrons. The minimum Gasteiger partial charge on any atom is -0.496 e. The van der Waals surface area contributed by atoms with Crippen LogP contribution in [0.5, 0.6) is 5.75 Å². The van der Waals surface area contributed by atoms with E-state index in [1.54, 1.807) is 12.0 Å². The van der Waals surface area contributed by atoms with E-state index in [0.717, 1.165) is 26.4 Å². The molecule has 2 rings (SSSR count). The zero-order valence-corrected chi connectivity index (χ0v) is 16.1. The van der Waals surface area contributed by atoms with Crippen LogP contribution in [0.4, 0.5) is 5.69 Å². The molecule has 0 heterocycles. The van der Waals surface area contributed by atoms with Gasteiger partial charge in [0.25, 0.3) is 5.91 Å². The average Bonchev–Trinajstić information content (AvgIpc) is 2.60.